The van der Waals surface area contributed by atoms with E-state index in [4.69, 9.17) is 4.42 Å². The van der Waals surface area contributed by atoms with E-state index in [0.717, 1.165) is 16.8 Å². The molecule has 0 bridgehead atoms. The maximum atomic E-state index is 5.51. The lowest BCUT2D eigenvalue weighted by molar-refractivity contribution is 0.617. The van der Waals surface area contributed by atoms with Crippen molar-refractivity contribution < 1.29 is 4.42 Å². The summed E-state index contributed by atoms with van der Waals surface area (Å²) in [5.74, 6) is 0. The maximum Gasteiger partial charge on any atom is 0.316 e. The Morgan fingerprint density at radius 2 is 2.05 bits per heavy atom. The minimum absolute atomic E-state index is 0.352. The molecule has 6 heteroatoms. The van der Waals surface area contributed by atoms with Gasteiger partial charge in [-0.2, -0.15) is 10.1 Å². The van der Waals surface area contributed by atoms with E-state index in [1.54, 1.807) is 12.4 Å². The lowest BCUT2D eigenvalue weighted by Gasteiger charge is -1.99. The lowest BCUT2D eigenvalue weighted by Crippen LogP contribution is -2.03. The maximum absolute atomic E-state index is 5.51. The smallest absolute Gasteiger partial charge is 0.316 e. The van der Waals surface area contributed by atoms with E-state index in [2.05, 4.69) is 25.5 Å². The molecule has 0 aliphatic heterocycles. The molecule has 0 saturated carbocycles. The number of nitrogens with zero attached hydrogens (tertiary/aromatic N) is 4. The van der Waals surface area contributed by atoms with Gasteiger partial charge in [-0.15, -0.1) is 0 Å². The van der Waals surface area contributed by atoms with Crippen LogP contribution in [0.4, 0.5) is 6.01 Å². The van der Waals surface area contributed by atoms with E-state index in [0.29, 0.717) is 17.4 Å². The Morgan fingerprint density at radius 1 is 1.20 bits per heavy atom. The third-order valence-electron chi connectivity index (χ3n) is 2.76. The molecule has 0 aliphatic rings. The molecular formula is C14H13N5O. The Bertz CT molecular complexity index is 728. The summed E-state index contributed by atoms with van der Waals surface area (Å²) in [6.45, 7) is 3.73. The van der Waals surface area contributed by atoms with Crippen LogP contribution in [0, 0.1) is 6.92 Å². The van der Waals surface area contributed by atoms with Crippen molar-refractivity contribution in [3.05, 3.63) is 48.0 Å². The molecule has 0 fully saturated rings. The second kappa shape index (κ2) is 5.08. The highest BCUT2D eigenvalue weighted by molar-refractivity contribution is 5.97. The first-order valence-corrected chi connectivity index (χ1v) is 6.17. The van der Waals surface area contributed by atoms with Gasteiger partial charge in [0, 0.05) is 6.20 Å². The highest BCUT2D eigenvalue weighted by Crippen LogP contribution is 2.17. The third kappa shape index (κ3) is 2.49. The summed E-state index contributed by atoms with van der Waals surface area (Å²) in [6.07, 6.45) is 3.38. The predicted molar refractivity (Wildman–Crippen MR) is 76.6 cm³/mol. The SMILES string of the molecule is C/C(=N\Nc1nc2ccccc2o1)c1cnc(C)cn1. The first-order chi connectivity index (χ1) is 9.72. The van der Waals surface area contributed by atoms with Crippen LogP contribution in [0.1, 0.15) is 18.3 Å². The summed E-state index contributed by atoms with van der Waals surface area (Å²) in [5, 5.41) is 4.20. The quantitative estimate of drug-likeness (QED) is 0.583. The highest BCUT2D eigenvalue weighted by Gasteiger charge is 2.04. The third-order valence-corrected chi connectivity index (χ3v) is 2.76. The number of aryl methyl sites for hydroxylation is 1. The van der Waals surface area contributed by atoms with E-state index in [1.165, 1.54) is 0 Å². The Hall–Kier alpha value is -2.76. The summed E-state index contributed by atoms with van der Waals surface area (Å²) in [4.78, 5) is 12.7. The van der Waals surface area contributed by atoms with Crippen molar-refractivity contribution in [2.75, 3.05) is 5.43 Å². The van der Waals surface area contributed by atoms with Gasteiger partial charge in [0.15, 0.2) is 5.58 Å². The van der Waals surface area contributed by atoms with Crippen molar-refractivity contribution in [2.45, 2.75) is 13.8 Å². The fourth-order valence-electron chi connectivity index (χ4n) is 1.69. The number of hydrogen-bond acceptors (Lipinski definition) is 6. The molecule has 0 amide bonds. The molecule has 6 nitrogen and oxygen atoms in total. The van der Waals surface area contributed by atoms with Gasteiger partial charge in [-0.1, -0.05) is 12.1 Å². The molecule has 2 heterocycles. The van der Waals surface area contributed by atoms with E-state index < -0.39 is 0 Å². The summed E-state index contributed by atoms with van der Waals surface area (Å²) in [5.41, 5.74) is 6.58. The number of anilines is 1. The summed E-state index contributed by atoms with van der Waals surface area (Å²) >= 11 is 0. The van der Waals surface area contributed by atoms with Crippen LogP contribution in [-0.4, -0.2) is 20.7 Å². The predicted octanol–water partition coefficient (Wildman–Crippen LogP) is 2.76. The molecule has 1 aromatic carbocycles. The number of para-hydroxylation sites is 2. The number of hydrazone groups is 1. The van der Waals surface area contributed by atoms with Gasteiger partial charge >= 0.3 is 6.01 Å². The van der Waals surface area contributed by atoms with Crippen molar-refractivity contribution in [1.82, 2.24) is 15.0 Å². The van der Waals surface area contributed by atoms with Crippen LogP contribution in [0.3, 0.4) is 0 Å². The van der Waals surface area contributed by atoms with Crippen molar-refractivity contribution >= 4 is 22.8 Å². The van der Waals surface area contributed by atoms with Gasteiger partial charge in [0.05, 0.1) is 17.6 Å². The van der Waals surface area contributed by atoms with E-state index >= 15 is 0 Å². The lowest BCUT2D eigenvalue weighted by atomic mass is 10.3. The van der Waals surface area contributed by atoms with Gasteiger partial charge in [-0.3, -0.25) is 9.97 Å². The zero-order chi connectivity index (χ0) is 13.9. The Labute approximate surface area is 115 Å². The summed E-state index contributed by atoms with van der Waals surface area (Å²) in [6, 6.07) is 7.89. The number of hydrogen-bond donors (Lipinski definition) is 1. The molecule has 20 heavy (non-hydrogen) atoms. The normalized spacial score (nSPS) is 11.8. The van der Waals surface area contributed by atoms with Crippen LogP contribution in [-0.2, 0) is 0 Å². The van der Waals surface area contributed by atoms with Crippen molar-refractivity contribution in [3.8, 4) is 0 Å². The fourth-order valence-corrected chi connectivity index (χ4v) is 1.69. The molecule has 100 valence electrons. The topological polar surface area (TPSA) is 76.2 Å². The van der Waals surface area contributed by atoms with Crippen LogP contribution >= 0.6 is 0 Å². The van der Waals surface area contributed by atoms with Gasteiger partial charge in [0.2, 0.25) is 0 Å². The molecule has 3 rings (SSSR count). The first-order valence-electron chi connectivity index (χ1n) is 6.17. The van der Waals surface area contributed by atoms with E-state index in [1.807, 2.05) is 38.1 Å². The molecular weight excluding hydrogens is 254 g/mol. The van der Waals surface area contributed by atoms with Crippen LogP contribution in [0.25, 0.3) is 11.1 Å². The van der Waals surface area contributed by atoms with Crippen molar-refractivity contribution in [2.24, 2.45) is 5.10 Å². The Morgan fingerprint density at radius 3 is 2.80 bits per heavy atom. The van der Waals surface area contributed by atoms with Gasteiger partial charge in [-0.25, -0.2) is 5.43 Å². The second-order valence-electron chi connectivity index (χ2n) is 4.34. The minimum Gasteiger partial charge on any atom is -0.422 e. The Balaban J connectivity index is 1.80. The molecule has 0 saturated heterocycles. The number of rotatable bonds is 3. The monoisotopic (exact) mass is 267 g/mol. The van der Waals surface area contributed by atoms with E-state index in [9.17, 15) is 0 Å². The van der Waals surface area contributed by atoms with Crippen molar-refractivity contribution in [1.29, 1.82) is 0 Å². The average Bonchev–Trinajstić information content (AvgIpc) is 2.88. The fraction of sp³-hybridized carbons (Fsp3) is 0.143. The number of nitrogens with one attached hydrogen (secondary N) is 1. The average molecular weight is 267 g/mol. The largest absolute Gasteiger partial charge is 0.422 e. The van der Waals surface area contributed by atoms with Gasteiger partial charge in [0.1, 0.15) is 11.2 Å². The number of benzene rings is 1. The summed E-state index contributed by atoms with van der Waals surface area (Å²) in [7, 11) is 0. The molecule has 0 atom stereocenters. The highest BCUT2D eigenvalue weighted by atomic mass is 16.4. The number of fused-ring (bicyclic) bond motifs is 1. The molecule has 0 spiro atoms. The van der Waals surface area contributed by atoms with E-state index in [-0.39, 0.29) is 0 Å². The molecule has 0 radical (unpaired) electrons. The molecule has 1 N–H and O–H groups in total. The minimum atomic E-state index is 0.352. The molecule has 0 aliphatic carbocycles. The molecule has 2 aromatic heterocycles. The van der Waals surface area contributed by atoms with Crippen LogP contribution < -0.4 is 5.43 Å². The van der Waals surface area contributed by atoms with Crippen molar-refractivity contribution in [3.63, 3.8) is 0 Å². The number of oxazole rings is 1. The van der Waals surface area contributed by atoms with Gasteiger partial charge < -0.3 is 4.42 Å². The first kappa shape index (κ1) is 12.3. The van der Waals surface area contributed by atoms with Crippen LogP contribution in [0.2, 0.25) is 0 Å². The van der Waals surface area contributed by atoms with Gasteiger partial charge in [-0.05, 0) is 26.0 Å². The standard InChI is InChI=1S/C14H13N5O/c1-9-7-16-12(8-15-9)10(2)18-19-14-17-11-5-3-4-6-13(11)20-14/h3-8H,1-2H3,(H,17,19)/b18-10+. The summed E-state index contributed by atoms with van der Waals surface area (Å²) < 4.78 is 5.51. The number of aromatic nitrogens is 3. The molecule has 0 unspecified atom stereocenters. The molecule has 3 aromatic rings. The van der Waals surface area contributed by atoms with Crippen LogP contribution in [0.15, 0.2) is 46.2 Å². The Kier molecular flexibility index (Phi) is 3.12. The second-order valence-corrected chi connectivity index (χ2v) is 4.34. The zero-order valence-electron chi connectivity index (χ0n) is 11.2. The zero-order valence-corrected chi connectivity index (χ0v) is 11.2. The van der Waals surface area contributed by atoms with Gasteiger partial charge in [0.25, 0.3) is 0 Å². The van der Waals surface area contributed by atoms with Crippen LogP contribution in [0.5, 0.6) is 0 Å².